The first-order valence-electron chi connectivity index (χ1n) is 12.1. The van der Waals surface area contributed by atoms with Crippen molar-refractivity contribution in [3.63, 3.8) is 0 Å². The summed E-state index contributed by atoms with van der Waals surface area (Å²) in [7, 11) is -4.00. The average Bonchev–Trinajstić information content (AvgIpc) is 3.06. The van der Waals surface area contributed by atoms with Crippen LogP contribution < -0.4 is 5.38 Å². The minimum Gasteiger partial charge on any atom is -0.461 e. The third-order valence-corrected chi connectivity index (χ3v) is 19.1. The van der Waals surface area contributed by atoms with Crippen LogP contribution in [0, 0.1) is 0 Å². The van der Waals surface area contributed by atoms with Gasteiger partial charge in [-0.15, -0.1) is 0 Å². The minimum atomic E-state index is -2.01. The van der Waals surface area contributed by atoms with Crippen LogP contribution in [0.2, 0.25) is 34.8 Å². The molecule has 0 spiro atoms. The topological polar surface area (TPSA) is 42.7 Å². The zero-order valence-electron chi connectivity index (χ0n) is 22.6. The quantitative estimate of drug-likeness (QED) is 0.342. The van der Waals surface area contributed by atoms with E-state index in [1.165, 1.54) is 0 Å². The van der Waals surface area contributed by atoms with Crippen molar-refractivity contribution in [2.24, 2.45) is 0 Å². The summed E-state index contributed by atoms with van der Waals surface area (Å²) in [5, 5.41) is 1.13. The van der Waals surface area contributed by atoms with E-state index >= 15 is 0 Å². The van der Waals surface area contributed by atoms with E-state index in [9.17, 15) is 4.79 Å². The van der Waals surface area contributed by atoms with Crippen LogP contribution in [0.25, 0.3) is 0 Å². The van der Waals surface area contributed by atoms with Crippen molar-refractivity contribution in [1.82, 2.24) is 4.90 Å². The lowest BCUT2D eigenvalue weighted by atomic mass is 10.2. The molecule has 0 saturated carbocycles. The third-order valence-electron chi connectivity index (χ3n) is 7.70. The molecule has 0 aliphatic rings. The molecule has 6 heteroatoms. The SMILES string of the molecule is CCN(CC)C(=O)c1cc(CO[Si](C(C)C)(C(C)C)C(C)C)c([Si](C)(C)C(C)(C)C)o1. The van der Waals surface area contributed by atoms with E-state index in [1.807, 2.05) is 24.8 Å². The zero-order valence-corrected chi connectivity index (χ0v) is 24.6. The summed E-state index contributed by atoms with van der Waals surface area (Å²) in [6.45, 7) is 31.3. The molecule has 0 aliphatic carbocycles. The smallest absolute Gasteiger partial charge is 0.289 e. The van der Waals surface area contributed by atoms with Crippen molar-refractivity contribution in [3.8, 4) is 0 Å². The van der Waals surface area contributed by atoms with Crippen molar-refractivity contribution in [1.29, 1.82) is 0 Å². The van der Waals surface area contributed by atoms with Crippen LogP contribution in [-0.2, 0) is 11.0 Å². The molecule has 0 radical (unpaired) electrons. The van der Waals surface area contributed by atoms with Gasteiger partial charge in [0.1, 0.15) is 8.07 Å². The molecule has 1 heterocycles. The summed E-state index contributed by atoms with van der Waals surface area (Å²) in [6.07, 6.45) is 0. The van der Waals surface area contributed by atoms with Crippen LogP contribution >= 0.6 is 0 Å². The summed E-state index contributed by atoms with van der Waals surface area (Å²) in [6, 6.07) is 1.98. The Morgan fingerprint density at radius 3 is 1.81 bits per heavy atom. The van der Waals surface area contributed by atoms with E-state index in [2.05, 4.69) is 75.4 Å². The van der Waals surface area contributed by atoms with Crippen LogP contribution in [-0.4, -0.2) is 40.3 Å². The first-order chi connectivity index (χ1) is 14.1. The van der Waals surface area contributed by atoms with E-state index in [-0.39, 0.29) is 10.9 Å². The molecule has 180 valence electrons. The third kappa shape index (κ3) is 5.56. The minimum absolute atomic E-state index is 0.0173. The maximum Gasteiger partial charge on any atom is 0.289 e. The van der Waals surface area contributed by atoms with Crippen molar-refractivity contribution in [3.05, 3.63) is 17.4 Å². The Morgan fingerprint density at radius 1 is 1.00 bits per heavy atom. The van der Waals surface area contributed by atoms with Crippen molar-refractivity contribution >= 4 is 27.7 Å². The van der Waals surface area contributed by atoms with Crippen LogP contribution in [0.15, 0.2) is 10.5 Å². The van der Waals surface area contributed by atoms with E-state index in [0.29, 0.717) is 42.1 Å². The van der Waals surface area contributed by atoms with Crippen LogP contribution in [0.1, 0.15) is 92.3 Å². The Hall–Kier alpha value is -0.856. The number of hydrogen-bond donors (Lipinski definition) is 0. The molecule has 0 bridgehead atoms. The average molecular weight is 468 g/mol. The normalized spacial score (nSPS) is 13.5. The molecule has 0 atom stereocenters. The molecule has 31 heavy (non-hydrogen) atoms. The Kier molecular flexibility index (Phi) is 9.44. The van der Waals surface area contributed by atoms with E-state index in [0.717, 1.165) is 10.9 Å². The molecule has 0 aromatic carbocycles. The molecule has 1 rings (SSSR count). The number of carbonyl (C=O) groups excluding carboxylic acids is 1. The fraction of sp³-hybridized carbons (Fsp3) is 0.800. The Bertz CT molecular complexity index is 704. The second-order valence-electron chi connectivity index (χ2n) is 11.4. The fourth-order valence-electron chi connectivity index (χ4n) is 4.88. The first kappa shape index (κ1) is 28.2. The van der Waals surface area contributed by atoms with Gasteiger partial charge in [-0.05, 0) is 41.6 Å². The molecule has 4 nitrogen and oxygen atoms in total. The zero-order chi connectivity index (χ0) is 24.4. The standard InChI is InChI=1S/C25H49NO3Si2/c1-14-26(15-2)23(27)22-16-21(24(29-22)30(12,13)25(9,10)11)17-28-31(18(3)4,19(5)6)20(7)8/h16,18-20H,14-15,17H2,1-13H3. The predicted molar refractivity (Wildman–Crippen MR) is 139 cm³/mol. The molecule has 1 aromatic rings. The van der Waals surface area contributed by atoms with Crippen molar-refractivity contribution in [2.75, 3.05) is 13.1 Å². The van der Waals surface area contributed by atoms with Gasteiger partial charge in [0.25, 0.3) is 5.91 Å². The van der Waals surface area contributed by atoms with Crippen LogP contribution in [0.3, 0.4) is 0 Å². The maximum atomic E-state index is 13.1. The molecule has 0 aliphatic heterocycles. The highest BCUT2D eigenvalue weighted by Gasteiger charge is 2.46. The molecule has 1 aromatic heterocycles. The summed E-state index contributed by atoms with van der Waals surface area (Å²) in [5.41, 5.74) is 2.65. The largest absolute Gasteiger partial charge is 0.461 e. The number of furan rings is 1. The second kappa shape index (κ2) is 10.4. The lowest BCUT2D eigenvalue weighted by molar-refractivity contribution is 0.0742. The summed E-state index contributed by atoms with van der Waals surface area (Å²) < 4.78 is 13.3. The highest BCUT2D eigenvalue weighted by molar-refractivity contribution is 6.91. The monoisotopic (exact) mass is 467 g/mol. The highest BCUT2D eigenvalue weighted by Crippen LogP contribution is 2.43. The van der Waals surface area contributed by atoms with Gasteiger partial charge in [0.2, 0.25) is 8.32 Å². The van der Waals surface area contributed by atoms with E-state index in [4.69, 9.17) is 8.84 Å². The predicted octanol–water partition coefficient (Wildman–Crippen LogP) is 7.17. The molecular weight excluding hydrogens is 418 g/mol. The Morgan fingerprint density at radius 2 is 1.45 bits per heavy atom. The number of carbonyl (C=O) groups is 1. The Balaban J connectivity index is 3.52. The van der Waals surface area contributed by atoms with Crippen LogP contribution in [0.5, 0.6) is 0 Å². The van der Waals surface area contributed by atoms with Gasteiger partial charge in [-0.25, -0.2) is 0 Å². The number of rotatable bonds is 10. The van der Waals surface area contributed by atoms with Gasteiger partial charge in [-0.2, -0.15) is 0 Å². The fourth-order valence-corrected chi connectivity index (χ4v) is 12.3. The van der Waals surface area contributed by atoms with Gasteiger partial charge in [-0.3, -0.25) is 4.79 Å². The summed E-state index contributed by atoms with van der Waals surface area (Å²) >= 11 is 0. The lowest BCUT2D eigenvalue weighted by Crippen LogP contribution is -2.51. The van der Waals surface area contributed by atoms with Gasteiger partial charge in [0, 0.05) is 18.7 Å². The second-order valence-corrected chi connectivity index (χ2v) is 22.1. The van der Waals surface area contributed by atoms with Gasteiger partial charge < -0.3 is 13.7 Å². The lowest BCUT2D eigenvalue weighted by Gasteiger charge is -2.42. The van der Waals surface area contributed by atoms with Gasteiger partial charge in [0.05, 0.1) is 12.0 Å². The van der Waals surface area contributed by atoms with Crippen molar-refractivity contribution in [2.45, 2.75) is 118 Å². The first-order valence-corrected chi connectivity index (χ1v) is 17.3. The number of nitrogens with zero attached hydrogens (tertiary/aromatic N) is 1. The highest BCUT2D eigenvalue weighted by atomic mass is 28.4. The molecule has 0 unspecified atom stereocenters. The van der Waals surface area contributed by atoms with E-state index in [1.54, 1.807) is 0 Å². The molecule has 0 fully saturated rings. The molecule has 1 amide bonds. The summed E-state index contributed by atoms with van der Waals surface area (Å²) in [4.78, 5) is 14.9. The number of amides is 1. The molecular formula is C25H49NO3Si2. The summed E-state index contributed by atoms with van der Waals surface area (Å²) in [5.74, 6) is 0.448. The van der Waals surface area contributed by atoms with Gasteiger partial charge in [0.15, 0.2) is 5.76 Å². The molecule has 0 saturated heterocycles. The van der Waals surface area contributed by atoms with Gasteiger partial charge in [-0.1, -0.05) is 75.4 Å². The van der Waals surface area contributed by atoms with E-state index < -0.39 is 16.4 Å². The number of hydrogen-bond acceptors (Lipinski definition) is 3. The van der Waals surface area contributed by atoms with Crippen molar-refractivity contribution < 1.29 is 13.6 Å². The van der Waals surface area contributed by atoms with Gasteiger partial charge >= 0.3 is 0 Å². The maximum absolute atomic E-state index is 13.1. The molecule has 0 N–H and O–H groups in total. The van der Waals surface area contributed by atoms with Crippen LogP contribution in [0.4, 0.5) is 0 Å². The Labute approximate surface area is 194 Å².